The Morgan fingerprint density at radius 1 is 1.06 bits per heavy atom. The fourth-order valence-electron chi connectivity index (χ4n) is 2.38. The average Bonchev–Trinajstić information content (AvgIpc) is 3.21. The van der Waals surface area contributed by atoms with Crippen molar-refractivity contribution in [2.75, 3.05) is 30.5 Å². The Morgan fingerprint density at radius 3 is 2.39 bits per heavy atom. The van der Waals surface area contributed by atoms with Crippen LogP contribution in [0.5, 0.6) is 0 Å². The number of rotatable bonds is 8. The lowest BCUT2D eigenvalue weighted by molar-refractivity contribution is -0.113. The van der Waals surface area contributed by atoms with Crippen LogP contribution in [0, 0.1) is 11.6 Å². The summed E-state index contributed by atoms with van der Waals surface area (Å²) in [5.41, 5.74) is 0.0782. The zero-order chi connectivity index (χ0) is 24.2. The van der Waals surface area contributed by atoms with Crippen molar-refractivity contribution in [2.45, 2.75) is 9.24 Å². The monoisotopic (exact) mass is 513 g/mol. The van der Waals surface area contributed by atoms with Crippen molar-refractivity contribution in [3.05, 3.63) is 59.7 Å². The van der Waals surface area contributed by atoms with Gasteiger partial charge in [0.2, 0.25) is 21.1 Å². The lowest BCUT2D eigenvalue weighted by Crippen LogP contribution is -2.22. The summed E-state index contributed by atoms with van der Waals surface area (Å²) in [6.07, 6.45) is 0. The molecule has 1 heterocycles. The SMILES string of the molecule is CN(C)S(=O)(=O)c1ccc(C(=O)Nc2nnc(SCC(=O)Nc3ccc(F)cc3F)s2)cc1. The first kappa shape index (κ1) is 24.7. The number of sulfonamides is 1. The first-order chi connectivity index (χ1) is 15.6. The molecule has 0 saturated heterocycles. The minimum atomic E-state index is -3.60. The second-order valence-electron chi connectivity index (χ2n) is 6.60. The second kappa shape index (κ2) is 10.3. The highest BCUT2D eigenvalue weighted by Gasteiger charge is 2.18. The van der Waals surface area contributed by atoms with Gasteiger partial charge in [-0.25, -0.2) is 21.5 Å². The van der Waals surface area contributed by atoms with E-state index in [0.29, 0.717) is 10.4 Å². The number of hydrogen-bond donors (Lipinski definition) is 2. The van der Waals surface area contributed by atoms with Crippen LogP contribution in [0.3, 0.4) is 0 Å². The van der Waals surface area contributed by atoms with E-state index in [0.717, 1.165) is 39.5 Å². The molecular weight excluding hydrogens is 496 g/mol. The molecule has 0 saturated carbocycles. The van der Waals surface area contributed by atoms with Gasteiger partial charge in [0, 0.05) is 25.7 Å². The lowest BCUT2D eigenvalue weighted by Gasteiger charge is -2.11. The number of benzene rings is 2. The van der Waals surface area contributed by atoms with Crippen LogP contribution in [0.25, 0.3) is 0 Å². The smallest absolute Gasteiger partial charge is 0.257 e. The number of halogens is 2. The molecule has 2 amide bonds. The summed E-state index contributed by atoms with van der Waals surface area (Å²) in [5, 5.41) is 12.7. The number of amides is 2. The molecule has 0 bridgehead atoms. The Bertz CT molecular complexity index is 1280. The summed E-state index contributed by atoms with van der Waals surface area (Å²) in [6, 6.07) is 8.22. The van der Waals surface area contributed by atoms with Crippen LogP contribution in [0.2, 0.25) is 0 Å². The molecule has 0 unspecified atom stereocenters. The van der Waals surface area contributed by atoms with E-state index >= 15 is 0 Å². The van der Waals surface area contributed by atoms with Gasteiger partial charge in [0.05, 0.1) is 16.3 Å². The maximum atomic E-state index is 13.6. The van der Waals surface area contributed by atoms with Gasteiger partial charge >= 0.3 is 0 Å². The molecule has 0 aliphatic heterocycles. The van der Waals surface area contributed by atoms with Gasteiger partial charge in [0.1, 0.15) is 11.6 Å². The Hall–Kier alpha value is -2.94. The number of nitrogens with one attached hydrogen (secondary N) is 2. The number of hydrogen-bond acceptors (Lipinski definition) is 8. The average molecular weight is 514 g/mol. The molecular formula is C19H17F2N5O4S3. The van der Waals surface area contributed by atoms with Crippen LogP contribution in [-0.2, 0) is 14.8 Å². The van der Waals surface area contributed by atoms with Gasteiger partial charge in [-0.1, -0.05) is 23.1 Å². The molecule has 9 nitrogen and oxygen atoms in total. The van der Waals surface area contributed by atoms with E-state index in [1.165, 1.54) is 38.4 Å². The number of carbonyl (C=O) groups is 2. The van der Waals surface area contributed by atoms with E-state index in [2.05, 4.69) is 20.8 Å². The van der Waals surface area contributed by atoms with Gasteiger partial charge in [-0.05, 0) is 36.4 Å². The minimum Gasteiger partial charge on any atom is -0.323 e. The summed E-state index contributed by atoms with van der Waals surface area (Å²) in [5.74, 6) is -2.79. The van der Waals surface area contributed by atoms with E-state index in [1.54, 1.807) is 0 Å². The zero-order valence-corrected chi connectivity index (χ0v) is 19.7. The molecule has 0 atom stereocenters. The van der Waals surface area contributed by atoms with Gasteiger partial charge in [0.15, 0.2) is 4.34 Å². The predicted octanol–water partition coefficient (Wildman–Crippen LogP) is 3.05. The van der Waals surface area contributed by atoms with Crippen molar-refractivity contribution >= 4 is 55.8 Å². The van der Waals surface area contributed by atoms with Gasteiger partial charge in [-0.3, -0.25) is 14.9 Å². The summed E-state index contributed by atoms with van der Waals surface area (Å²) in [7, 11) is -0.787. The van der Waals surface area contributed by atoms with Crippen LogP contribution in [-0.4, -0.2) is 54.6 Å². The summed E-state index contributed by atoms with van der Waals surface area (Å²) in [4.78, 5) is 24.4. The van der Waals surface area contributed by atoms with Gasteiger partial charge in [-0.15, -0.1) is 10.2 Å². The summed E-state index contributed by atoms with van der Waals surface area (Å²) < 4.78 is 52.2. The van der Waals surface area contributed by atoms with E-state index in [4.69, 9.17) is 0 Å². The molecule has 3 aromatic rings. The Kier molecular flexibility index (Phi) is 7.73. The predicted molar refractivity (Wildman–Crippen MR) is 121 cm³/mol. The molecule has 0 aliphatic carbocycles. The largest absolute Gasteiger partial charge is 0.323 e. The number of anilines is 2. The van der Waals surface area contributed by atoms with Crippen LogP contribution in [0.1, 0.15) is 10.4 Å². The summed E-state index contributed by atoms with van der Waals surface area (Å²) >= 11 is 2.04. The molecule has 1 aromatic heterocycles. The third-order valence-corrected chi connectivity index (χ3v) is 7.86. The van der Waals surface area contributed by atoms with Crippen molar-refractivity contribution in [1.82, 2.24) is 14.5 Å². The molecule has 2 N–H and O–H groups in total. The van der Waals surface area contributed by atoms with Gasteiger partial charge < -0.3 is 5.32 Å². The first-order valence-electron chi connectivity index (χ1n) is 9.11. The lowest BCUT2D eigenvalue weighted by atomic mass is 10.2. The molecule has 14 heteroatoms. The third-order valence-electron chi connectivity index (χ3n) is 4.05. The molecule has 0 radical (unpaired) electrons. The maximum absolute atomic E-state index is 13.6. The van der Waals surface area contributed by atoms with E-state index in [9.17, 15) is 26.8 Å². The van der Waals surface area contributed by atoms with E-state index < -0.39 is 33.5 Å². The van der Waals surface area contributed by atoms with Crippen LogP contribution >= 0.6 is 23.1 Å². The maximum Gasteiger partial charge on any atom is 0.257 e. The molecule has 2 aromatic carbocycles. The van der Waals surface area contributed by atoms with E-state index in [1.807, 2.05) is 0 Å². The number of nitrogens with zero attached hydrogens (tertiary/aromatic N) is 3. The number of aromatic nitrogens is 2. The quantitative estimate of drug-likeness (QED) is 0.351. The fourth-order valence-corrected chi connectivity index (χ4v) is 4.83. The topological polar surface area (TPSA) is 121 Å². The molecule has 0 fully saturated rings. The van der Waals surface area contributed by atoms with Crippen LogP contribution < -0.4 is 10.6 Å². The Balaban J connectivity index is 1.55. The number of carbonyl (C=O) groups excluding carboxylic acids is 2. The Labute approximate surface area is 196 Å². The fraction of sp³-hybridized carbons (Fsp3) is 0.158. The van der Waals surface area contributed by atoms with Crippen molar-refractivity contribution in [3.63, 3.8) is 0 Å². The highest BCUT2D eigenvalue weighted by atomic mass is 32.2. The van der Waals surface area contributed by atoms with Crippen molar-refractivity contribution in [2.24, 2.45) is 0 Å². The third kappa shape index (κ3) is 6.31. The minimum absolute atomic E-state index is 0.0532. The van der Waals surface area contributed by atoms with Crippen LogP contribution in [0.4, 0.5) is 19.6 Å². The standard InChI is InChI=1S/C19H17F2N5O4S3/c1-26(2)33(29,30)13-6-3-11(4-7-13)17(28)23-18-24-25-19(32-18)31-10-16(27)22-15-8-5-12(20)9-14(15)21/h3-9H,10H2,1-2H3,(H,22,27)(H,23,24,28). The van der Waals surface area contributed by atoms with E-state index in [-0.39, 0.29) is 27.0 Å². The Morgan fingerprint density at radius 2 is 1.76 bits per heavy atom. The van der Waals surface area contributed by atoms with Crippen molar-refractivity contribution in [3.8, 4) is 0 Å². The highest BCUT2D eigenvalue weighted by molar-refractivity contribution is 8.01. The van der Waals surface area contributed by atoms with Crippen LogP contribution in [0.15, 0.2) is 51.7 Å². The van der Waals surface area contributed by atoms with Gasteiger partial charge in [-0.2, -0.15) is 0 Å². The molecule has 0 spiro atoms. The van der Waals surface area contributed by atoms with Crippen molar-refractivity contribution < 1.29 is 26.8 Å². The molecule has 3 rings (SSSR count). The molecule has 33 heavy (non-hydrogen) atoms. The van der Waals surface area contributed by atoms with Crippen molar-refractivity contribution in [1.29, 1.82) is 0 Å². The second-order valence-corrected chi connectivity index (χ2v) is 11.0. The number of thioether (sulfide) groups is 1. The first-order valence-corrected chi connectivity index (χ1v) is 12.4. The summed E-state index contributed by atoms with van der Waals surface area (Å²) in [6.45, 7) is 0. The molecule has 0 aliphatic rings. The highest BCUT2D eigenvalue weighted by Crippen LogP contribution is 2.26. The normalized spacial score (nSPS) is 11.4. The van der Waals surface area contributed by atoms with Gasteiger partial charge in [0.25, 0.3) is 5.91 Å². The molecule has 174 valence electrons. The zero-order valence-electron chi connectivity index (χ0n) is 17.2.